The molecule has 2 amide bonds. The average molecular weight is 451 g/mol. The zero-order chi connectivity index (χ0) is 23.6. The zero-order valence-corrected chi connectivity index (χ0v) is 18.6. The largest absolute Gasteiger partial charge is 0.497 e. The number of aryl methyl sites for hydroxylation is 1. The molecule has 0 spiro atoms. The monoisotopic (exact) mass is 451 g/mol. The second-order valence-electron chi connectivity index (χ2n) is 7.18. The van der Waals surface area contributed by atoms with E-state index in [9.17, 15) is 9.59 Å². The molecule has 33 heavy (non-hydrogen) atoms. The number of nitrogens with one attached hydrogen (secondary N) is 2. The van der Waals surface area contributed by atoms with Crippen LogP contribution in [0.4, 0.5) is 0 Å². The highest BCUT2D eigenvalue weighted by atomic mass is 16.5. The quantitative estimate of drug-likeness (QED) is 0.358. The Labute approximate surface area is 191 Å². The van der Waals surface area contributed by atoms with E-state index in [1.807, 2.05) is 31.2 Å². The van der Waals surface area contributed by atoms with Crippen LogP contribution in [0.5, 0.6) is 11.5 Å². The first-order valence-electron chi connectivity index (χ1n) is 10.2. The number of hydrogen-bond donors (Lipinski definition) is 2. The topological polar surface area (TPSA) is 128 Å². The van der Waals surface area contributed by atoms with Crippen molar-refractivity contribution in [2.24, 2.45) is 5.10 Å². The van der Waals surface area contributed by atoms with Crippen LogP contribution in [0, 0.1) is 6.92 Å². The summed E-state index contributed by atoms with van der Waals surface area (Å²) in [7, 11) is 1.57. The predicted octanol–water partition coefficient (Wildman–Crippen LogP) is 2.63. The third kappa shape index (κ3) is 7.46. The number of carbonyl (C=O) groups is 2. The van der Waals surface area contributed by atoms with E-state index in [1.165, 1.54) is 0 Å². The molecule has 3 rings (SSSR count). The number of rotatable bonds is 10. The van der Waals surface area contributed by atoms with Gasteiger partial charge in [0.05, 0.1) is 20.1 Å². The maximum absolute atomic E-state index is 12.1. The highest BCUT2D eigenvalue weighted by Crippen LogP contribution is 2.17. The maximum atomic E-state index is 12.1. The summed E-state index contributed by atoms with van der Waals surface area (Å²) in [5.74, 6) is 1.22. The summed E-state index contributed by atoms with van der Waals surface area (Å²) >= 11 is 0. The van der Waals surface area contributed by atoms with Crippen LogP contribution in [0.2, 0.25) is 0 Å². The molecule has 10 heteroatoms. The van der Waals surface area contributed by atoms with Crippen molar-refractivity contribution in [3.8, 4) is 22.9 Å². The third-order valence-electron chi connectivity index (χ3n) is 4.43. The van der Waals surface area contributed by atoms with Gasteiger partial charge in [0, 0.05) is 11.3 Å². The van der Waals surface area contributed by atoms with E-state index in [0.717, 1.165) is 11.1 Å². The normalized spacial score (nSPS) is 11.1. The van der Waals surface area contributed by atoms with Crippen molar-refractivity contribution in [3.63, 3.8) is 0 Å². The fourth-order valence-electron chi connectivity index (χ4n) is 2.67. The summed E-state index contributed by atoms with van der Waals surface area (Å²) < 4.78 is 15.6. The molecular weight excluding hydrogens is 426 g/mol. The summed E-state index contributed by atoms with van der Waals surface area (Å²) in [4.78, 5) is 28.3. The lowest BCUT2D eigenvalue weighted by molar-refractivity contribution is -0.123. The number of aromatic nitrogens is 2. The van der Waals surface area contributed by atoms with E-state index in [-0.39, 0.29) is 31.4 Å². The Bertz CT molecular complexity index is 1110. The van der Waals surface area contributed by atoms with Gasteiger partial charge in [0.1, 0.15) is 11.5 Å². The summed E-state index contributed by atoms with van der Waals surface area (Å²) in [6.45, 7) is 3.50. The molecule has 0 radical (unpaired) electrons. The Morgan fingerprint density at radius 3 is 2.42 bits per heavy atom. The van der Waals surface area contributed by atoms with Crippen LogP contribution in [0.15, 0.2) is 58.2 Å². The molecule has 0 bridgehead atoms. The molecule has 0 aliphatic carbocycles. The van der Waals surface area contributed by atoms with Gasteiger partial charge in [0.2, 0.25) is 17.6 Å². The Hall–Kier alpha value is -4.21. The summed E-state index contributed by atoms with van der Waals surface area (Å²) in [5, 5.41) is 10.5. The Kier molecular flexibility index (Phi) is 8.12. The molecule has 0 fully saturated rings. The van der Waals surface area contributed by atoms with Crippen LogP contribution in [-0.2, 0) is 16.1 Å². The minimum Gasteiger partial charge on any atom is -0.497 e. The molecule has 2 aromatic carbocycles. The van der Waals surface area contributed by atoms with Crippen molar-refractivity contribution in [1.82, 2.24) is 20.9 Å². The number of benzene rings is 2. The number of nitrogens with zero attached hydrogens (tertiary/aromatic N) is 3. The predicted molar refractivity (Wildman–Crippen MR) is 121 cm³/mol. The smallest absolute Gasteiger partial charge is 0.277 e. The standard InChI is InChI=1S/C23H25N5O5/c1-15-4-6-17(7-5-15)23-25-22(33-28-23)13-24-20(29)12-16(2)26-27-21(30)14-32-19-10-8-18(31-3)9-11-19/h4-11H,12-14H2,1-3H3,(H,24,29)(H,27,30)/b26-16-. The van der Waals surface area contributed by atoms with Gasteiger partial charge in [-0.3, -0.25) is 9.59 Å². The minimum absolute atomic E-state index is 0.00142. The average Bonchev–Trinajstić information content (AvgIpc) is 3.30. The molecule has 0 saturated carbocycles. The maximum Gasteiger partial charge on any atom is 0.277 e. The lowest BCUT2D eigenvalue weighted by Crippen LogP contribution is -2.28. The number of hydrazone groups is 1. The van der Waals surface area contributed by atoms with Gasteiger partial charge in [-0.2, -0.15) is 10.1 Å². The van der Waals surface area contributed by atoms with E-state index in [2.05, 4.69) is 26.0 Å². The number of amides is 2. The molecule has 0 saturated heterocycles. The van der Waals surface area contributed by atoms with E-state index >= 15 is 0 Å². The van der Waals surface area contributed by atoms with Gasteiger partial charge >= 0.3 is 0 Å². The number of ether oxygens (including phenoxy) is 2. The molecule has 1 heterocycles. The highest BCUT2D eigenvalue weighted by Gasteiger charge is 2.11. The first-order valence-corrected chi connectivity index (χ1v) is 10.2. The SMILES string of the molecule is COc1ccc(OCC(=O)N/N=C(/C)CC(=O)NCc2nc(-c3ccc(C)cc3)no2)cc1. The first-order chi connectivity index (χ1) is 15.9. The van der Waals surface area contributed by atoms with Gasteiger partial charge in [-0.1, -0.05) is 35.0 Å². The zero-order valence-electron chi connectivity index (χ0n) is 18.6. The fraction of sp³-hybridized carbons (Fsp3) is 0.261. The molecule has 0 atom stereocenters. The van der Waals surface area contributed by atoms with E-state index in [0.29, 0.717) is 23.0 Å². The van der Waals surface area contributed by atoms with Crippen molar-refractivity contribution >= 4 is 17.5 Å². The van der Waals surface area contributed by atoms with Gasteiger partial charge in [-0.25, -0.2) is 5.43 Å². The van der Waals surface area contributed by atoms with Gasteiger partial charge in [-0.05, 0) is 38.1 Å². The molecule has 3 aromatic rings. The molecule has 172 valence electrons. The molecule has 0 unspecified atom stereocenters. The summed E-state index contributed by atoms with van der Waals surface area (Å²) in [6.07, 6.45) is -0.00142. The van der Waals surface area contributed by atoms with Crippen LogP contribution in [0.25, 0.3) is 11.4 Å². The fourth-order valence-corrected chi connectivity index (χ4v) is 2.67. The van der Waals surface area contributed by atoms with Crippen molar-refractivity contribution in [2.75, 3.05) is 13.7 Å². The first kappa shape index (κ1) is 23.5. The van der Waals surface area contributed by atoms with Gasteiger partial charge < -0.3 is 19.3 Å². The number of hydrogen-bond acceptors (Lipinski definition) is 8. The number of carbonyl (C=O) groups excluding carboxylic acids is 2. The molecule has 1 aromatic heterocycles. The Balaban J connectivity index is 1.38. The van der Waals surface area contributed by atoms with Crippen LogP contribution < -0.4 is 20.2 Å². The molecule has 2 N–H and O–H groups in total. The molecule has 0 aliphatic rings. The van der Waals surface area contributed by atoms with Crippen molar-refractivity contribution in [3.05, 3.63) is 60.0 Å². The second kappa shape index (κ2) is 11.4. The second-order valence-corrected chi connectivity index (χ2v) is 7.18. The molecule has 10 nitrogen and oxygen atoms in total. The Morgan fingerprint density at radius 1 is 1.03 bits per heavy atom. The van der Waals surface area contributed by atoms with Crippen LogP contribution >= 0.6 is 0 Å². The molecule has 0 aliphatic heterocycles. The lowest BCUT2D eigenvalue weighted by Gasteiger charge is -2.06. The Morgan fingerprint density at radius 2 is 1.73 bits per heavy atom. The van der Waals surface area contributed by atoms with E-state index < -0.39 is 5.91 Å². The minimum atomic E-state index is -0.444. The van der Waals surface area contributed by atoms with Crippen molar-refractivity contribution in [1.29, 1.82) is 0 Å². The van der Waals surface area contributed by atoms with Gasteiger partial charge in [-0.15, -0.1) is 0 Å². The van der Waals surface area contributed by atoms with Gasteiger partial charge in [0.15, 0.2) is 6.61 Å². The molecular formula is C23H25N5O5. The van der Waals surface area contributed by atoms with E-state index in [1.54, 1.807) is 38.3 Å². The number of methoxy groups -OCH3 is 1. The van der Waals surface area contributed by atoms with Crippen LogP contribution in [0.1, 0.15) is 24.8 Å². The summed E-state index contributed by atoms with van der Waals surface area (Å²) in [6, 6.07) is 14.6. The van der Waals surface area contributed by atoms with E-state index in [4.69, 9.17) is 14.0 Å². The third-order valence-corrected chi connectivity index (χ3v) is 4.43. The van der Waals surface area contributed by atoms with Crippen LogP contribution in [-0.4, -0.2) is 41.4 Å². The lowest BCUT2D eigenvalue weighted by atomic mass is 10.1. The van der Waals surface area contributed by atoms with Gasteiger partial charge in [0.25, 0.3) is 5.91 Å². The van der Waals surface area contributed by atoms with Crippen LogP contribution in [0.3, 0.4) is 0 Å². The van der Waals surface area contributed by atoms with Crippen molar-refractivity contribution in [2.45, 2.75) is 26.8 Å². The highest BCUT2D eigenvalue weighted by molar-refractivity contribution is 6.00. The summed E-state index contributed by atoms with van der Waals surface area (Å²) in [5.41, 5.74) is 4.75. The van der Waals surface area contributed by atoms with Crippen molar-refractivity contribution < 1.29 is 23.6 Å².